The molecule has 0 saturated carbocycles. The molecule has 2 amide bonds. The molecule has 0 radical (unpaired) electrons. The van der Waals surface area contributed by atoms with Crippen molar-refractivity contribution in [2.75, 3.05) is 26.8 Å². The lowest BCUT2D eigenvalue weighted by atomic mass is 9.93. The monoisotopic (exact) mass is 339 g/mol. The Morgan fingerprint density at radius 3 is 2.70 bits per heavy atom. The minimum atomic E-state index is -0.0688. The molecule has 2 rings (SSSR count). The van der Waals surface area contributed by atoms with Crippen LogP contribution in [0.25, 0.3) is 0 Å². The summed E-state index contributed by atoms with van der Waals surface area (Å²) in [6, 6.07) is -0.0998. The first-order valence-corrected chi connectivity index (χ1v) is 9.20. The standard InChI is InChI=1S/C17H29N3O2S/c1-12(15-19-14(11-23-15)17(2,3)4)18-16(21)20(5)10-13-6-8-22-9-7-13/h11-13H,6-10H2,1-5H3,(H,18,21). The Kier molecular flexibility index (Phi) is 6.03. The molecule has 1 fully saturated rings. The number of nitrogens with one attached hydrogen (secondary N) is 1. The Balaban J connectivity index is 1.87. The zero-order valence-electron chi connectivity index (χ0n) is 14.9. The third kappa shape index (κ3) is 5.18. The molecule has 0 spiro atoms. The van der Waals surface area contributed by atoms with E-state index in [4.69, 9.17) is 4.74 Å². The van der Waals surface area contributed by atoms with Crippen LogP contribution >= 0.6 is 11.3 Å². The van der Waals surface area contributed by atoms with Crippen LogP contribution < -0.4 is 5.32 Å². The Labute approximate surface area is 143 Å². The van der Waals surface area contributed by atoms with E-state index >= 15 is 0 Å². The molecule has 6 heteroatoms. The third-order valence-corrected chi connectivity index (χ3v) is 5.25. The molecular formula is C17H29N3O2S. The second-order valence-electron chi connectivity index (χ2n) is 7.43. The lowest BCUT2D eigenvalue weighted by molar-refractivity contribution is 0.0585. The van der Waals surface area contributed by atoms with Gasteiger partial charge in [0.2, 0.25) is 0 Å². The van der Waals surface area contributed by atoms with Gasteiger partial charge in [-0.3, -0.25) is 0 Å². The number of rotatable bonds is 4. The molecule has 1 aliphatic heterocycles. The molecule has 1 unspecified atom stereocenters. The molecule has 0 aliphatic carbocycles. The Morgan fingerprint density at radius 1 is 1.48 bits per heavy atom. The third-order valence-electron chi connectivity index (χ3n) is 4.22. The zero-order chi connectivity index (χ0) is 17.0. The predicted octanol–water partition coefficient (Wildman–Crippen LogP) is 3.57. The van der Waals surface area contributed by atoms with E-state index in [-0.39, 0.29) is 17.5 Å². The van der Waals surface area contributed by atoms with Crippen LogP contribution in [0, 0.1) is 5.92 Å². The highest BCUT2D eigenvalue weighted by molar-refractivity contribution is 7.09. The maximum absolute atomic E-state index is 12.4. The van der Waals surface area contributed by atoms with E-state index in [1.54, 1.807) is 16.2 Å². The largest absolute Gasteiger partial charge is 0.381 e. The van der Waals surface area contributed by atoms with Crippen LogP contribution in [0.5, 0.6) is 0 Å². The number of carbonyl (C=O) groups excluding carboxylic acids is 1. The van der Waals surface area contributed by atoms with Crippen molar-refractivity contribution >= 4 is 17.4 Å². The van der Waals surface area contributed by atoms with E-state index in [0.717, 1.165) is 43.3 Å². The van der Waals surface area contributed by atoms with Gasteiger partial charge in [0.05, 0.1) is 11.7 Å². The van der Waals surface area contributed by atoms with Gasteiger partial charge in [0.1, 0.15) is 5.01 Å². The van der Waals surface area contributed by atoms with Gasteiger partial charge in [-0.1, -0.05) is 20.8 Å². The van der Waals surface area contributed by atoms with Crippen LogP contribution in [0.15, 0.2) is 5.38 Å². The van der Waals surface area contributed by atoms with E-state index in [1.165, 1.54) is 0 Å². The average molecular weight is 340 g/mol. The summed E-state index contributed by atoms with van der Waals surface area (Å²) < 4.78 is 5.37. The van der Waals surface area contributed by atoms with Crippen molar-refractivity contribution in [1.29, 1.82) is 0 Å². The fraction of sp³-hybridized carbons (Fsp3) is 0.765. The van der Waals surface area contributed by atoms with Gasteiger partial charge in [0.15, 0.2) is 0 Å². The molecule has 130 valence electrons. The Morgan fingerprint density at radius 2 is 2.13 bits per heavy atom. The molecule has 1 aromatic rings. The Hall–Kier alpha value is -1.14. The van der Waals surface area contributed by atoms with Gasteiger partial charge in [0.25, 0.3) is 0 Å². The molecule has 1 aromatic heterocycles. The first kappa shape index (κ1) is 18.2. The molecule has 1 atom stereocenters. The van der Waals surface area contributed by atoms with E-state index in [0.29, 0.717) is 5.92 Å². The van der Waals surface area contributed by atoms with Crippen LogP contribution in [-0.4, -0.2) is 42.7 Å². The van der Waals surface area contributed by atoms with Crippen molar-refractivity contribution in [2.24, 2.45) is 5.92 Å². The maximum Gasteiger partial charge on any atom is 0.317 e. The number of hydrogen-bond acceptors (Lipinski definition) is 4. The molecule has 5 nitrogen and oxygen atoms in total. The highest BCUT2D eigenvalue weighted by atomic mass is 32.1. The molecule has 23 heavy (non-hydrogen) atoms. The first-order valence-electron chi connectivity index (χ1n) is 8.32. The normalized spacial score (nSPS) is 17.8. The van der Waals surface area contributed by atoms with Crippen molar-refractivity contribution in [3.8, 4) is 0 Å². The van der Waals surface area contributed by atoms with E-state index in [1.807, 2.05) is 14.0 Å². The first-order chi connectivity index (χ1) is 10.8. The van der Waals surface area contributed by atoms with E-state index in [2.05, 4.69) is 36.5 Å². The molecule has 0 aromatic carbocycles. The average Bonchev–Trinajstić information content (AvgIpc) is 2.98. The second kappa shape index (κ2) is 7.62. The smallest absolute Gasteiger partial charge is 0.317 e. The Bertz CT molecular complexity index is 518. The van der Waals surface area contributed by atoms with Crippen LogP contribution in [0.4, 0.5) is 4.79 Å². The zero-order valence-corrected chi connectivity index (χ0v) is 15.7. The molecular weight excluding hydrogens is 310 g/mol. The SMILES string of the molecule is CC(NC(=O)N(C)CC1CCOCC1)c1nc(C(C)(C)C)cs1. The summed E-state index contributed by atoms with van der Waals surface area (Å²) >= 11 is 1.61. The minimum Gasteiger partial charge on any atom is -0.381 e. The summed E-state index contributed by atoms with van der Waals surface area (Å²) in [5.41, 5.74) is 1.12. The number of amides is 2. The second-order valence-corrected chi connectivity index (χ2v) is 8.32. The van der Waals surface area contributed by atoms with Crippen molar-refractivity contribution in [3.63, 3.8) is 0 Å². The van der Waals surface area contributed by atoms with Crippen molar-refractivity contribution < 1.29 is 9.53 Å². The fourth-order valence-corrected chi connectivity index (χ4v) is 3.64. The van der Waals surface area contributed by atoms with Gasteiger partial charge in [-0.05, 0) is 25.7 Å². The lowest BCUT2D eigenvalue weighted by Gasteiger charge is -2.28. The van der Waals surface area contributed by atoms with Gasteiger partial charge in [-0.2, -0.15) is 0 Å². The van der Waals surface area contributed by atoms with Crippen molar-refractivity contribution in [3.05, 3.63) is 16.1 Å². The number of ether oxygens (including phenoxy) is 1. The molecule has 0 bridgehead atoms. The molecule has 1 saturated heterocycles. The fourth-order valence-electron chi connectivity index (χ4n) is 2.59. The summed E-state index contributed by atoms with van der Waals surface area (Å²) in [4.78, 5) is 18.8. The van der Waals surface area contributed by atoms with Gasteiger partial charge >= 0.3 is 6.03 Å². The maximum atomic E-state index is 12.4. The van der Waals surface area contributed by atoms with E-state index in [9.17, 15) is 4.79 Å². The van der Waals surface area contributed by atoms with Crippen LogP contribution in [-0.2, 0) is 10.2 Å². The summed E-state index contributed by atoms with van der Waals surface area (Å²) in [6.45, 7) is 10.8. The van der Waals surface area contributed by atoms with Crippen molar-refractivity contribution in [1.82, 2.24) is 15.2 Å². The van der Waals surface area contributed by atoms with Crippen LogP contribution in [0.2, 0.25) is 0 Å². The molecule has 2 heterocycles. The topological polar surface area (TPSA) is 54.5 Å². The van der Waals surface area contributed by atoms with Crippen LogP contribution in [0.3, 0.4) is 0 Å². The number of hydrogen-bond donors (Lipinski definition) is 1. The summed E-state index contributed by atoms with van der Waals surface area (Å²) in [5, 5.41) is 6.10. The number of carbonyl (C=O) groups is 1. The van der Waals surface area contributed by atoms with Gasteiger partial charge in [-0.15, -0.1) is 11.3 Å². The van der Waals surface area contributed by atoms with Gasteiger partial charge in [0, 0.05) is 37.6 Å². The van der Waals surface area contributed by atoms with Crippen LogP contribution in [0.1, 0.15) is 57.3 Å². The van der Waals surface area contributed by atoms with Crippen molar-refractivity contribution in [2.45, 2.75) is 52.0 Å². The summed E-state index contributed by atoms with van der Waals surface area (Å²) in [7, 11) is 1.86. The van der Waals surface area contributed by atoms with Gasteiger partial charge in [-0.25, -0.2) is 9.78 Å². The number of thiazole rings is 1. The highest BCUT2D eigenvalue weighted by Gasteiger charge is 2.22. The van der Waals surface area contributed by atoms with Gasteiger partial charge < -0.3 is 15.0 Å². The summed E-state index contributed by atoms with van der Waals surface area (Å²) in [6.07, 6.45) is 2.07. The predicted molar refractivity (Wildman–Crippen MR) is 93.9 cm³/mol. The molecule has 1 N–H and O–H groups in total. The van der Waals surface area contributed by atoms with E-state index < -0.39 is 0 Å². The minimum absolute atomic E-state index is 0.0310. The molecule has 1 aliphatic rings. The highest BCUT2D eigenvalue weighted by Crippen LogP contribution is 2.26. The lowest BCUT2D eigenvalue weighted by Crippen LogP contribution is -2.41. The number of aromatic nitrogens is 1. The quantitative estimate of drug-likeness (QED) is 0.912. The summed E-state index contributed by atoms with van der Waals surface area (Å²) in [5.74, 6) is 0.544. The number of urea groups is 1. The number of nitrogens with zero attached hydrogens (tertiary/aromatic N) is 2.